The van der Waals surface area contributed by atoms with E-state index in [1.54, 1.807) is 6.07 Å². The van der Waals surface area contributed by atoms with Crippen molar-refractivity contribution in [3.8, 4) is 0 Å². The zero-order valence-electron chi connectivity index (χ0n) is 9.34. The highest BCUT2D eigenvalue weighted by atomic mass is 35.5. The normalized spacial score (nSPS) is 17.8. The number of hydrogen-bond acceptors (Lipinski definition) is 2. The molecule has 1 aliphatic heterocycles. The summed E-state index contributed by atoms with van der Waals surface area (Å²) in [7, 11) is 1.99. The molecule has 0 amide bonds. The van der Waals surface area contributed by atoms with E-state index in [-0.39, 0.29) is 5.82 Å². The molecule has 0 aromatic heterocycles. The summed E-state index contributed by atoms with van der Waals surface area (Å²) in [5.41, 5.74) is 0.942. The molecule has 1 saturated heterocycles. The number of hydrogen-bond donors (Lipinski definition) is 1. The van der Waals surface area contributed by atoms with Crippen LogP contribution >= 0.6 is 11.6 Å². The summed E-state index contributed by atoms with van der Waals surface area (Å²) in [6.45, 7) is 1.94. The zero-order valence-corrected chi connectivity index (χ0v) is 10.1. The first kappa shape index (κ1) is 11.7. The van der Waals surface area contributed by atoms with E-state index in [2.05, 4.69) is 10.2 Å². The quantitative estimate of drug-likeness (QED) is 0.858. The predicted molar refractivity (Wildman–Crippen MR) is 65.7 cm³/mol. The number of benzene rings is 1. The van der Waals surface area contributed by atoms with Gasteiger partial charge in [-0.2, -0.15) is 0 Å². The Balaban J connectivity index is 2.08. The standard InChI is InChI=1S/C12H16ClFN2/c1-15-10-4-6-16(7-5-10)12-3-2-9(14)8-11(12)13/h2-3,8,10,15H,4-7H2,1H3. The smallest absolute Gasteiger partial charge is 0.124 e. The molecule has 0 atom stereocenters. The summed E-state index contributed by atoms with van der Waals surface area (Å²) in [4.78, 5) is 2.22. The zero-order chi connectivity index (χ0) is 11.5. The van der Waals surface area contributed by atoms with Gasteiger partial charge in [-0.25, -0.2) is 4.39 Å². The SMILES string of the molecule is CNC1CCN(c2ccc(F)cc2Cl)CC1. The Kier molecular flexibility index (Phi) is 3.66. The van der Waals surface area contributed by atoms with Crippen LogP contribution in [-0.4, -0.2) is 26.2 Å². The molecule has 0 saturated carbocycles. The third-order valence-electron chi connectivity index (χ3n) is 3.15. The summed E-state index contributed by atoms with van der Waals surface area (Å²) in [6, 6.07) is 5.19. The van der Waals surface area contributed by atoms with Crippen molar-refractivity contribution < 1.29 is 4.39 Å². The third kappa shape index (κ3) is 2.47. The summed E-state index contributed by atoms with van der Waals surface area (Å²) < 4.78 is 12.9. The van der Waals surface area contributed by atoms with Gasteiger partial charge >= 0.3 is 0 Å². The molecule has 4 heteroatoms. The van der Waals surface area contributed by atoms with Crippen molar-refractivity contribution in [1.29, 1.82) is 0 Å². The molecule has 0 spiro atoms. The van der Waals surface area contributed by atoms with Crippen LogP contribution in [0.25, 0.3) is 0 Å². The van der Waals surface area contributed by atoms with Crippen LogP contribution in [0.15, 0.2) is 18.2 Å². The van der Waals surface area contributed by atoms with Crippen LogP contribution in [0.3, 0.4) is 0 Å². The minimum atomic E-state index is -0.279. The second kappa shape index (κ2) is 5.02. The number of rotatable bonds is 2. The second-order valence-corrected chi connectivity index (χ2v) is 4.55. The Morgan fingerprint density at radius 3 is 2.62 bits per heavy atom. The van der Waals surface area contributed by atoms with E-state index in [0.29, 0.717) is 11.1 Å². The lowest BCUT2D eigenvalue weighted by Crippen LogP contribution is -2.41. The van der Waals surface area contributed by atoms with Crippen LogP contribution in [0.4, 0.5) is 10.1 Å². The maximum Gasteiger partial charge on any atom is 0.124 e. The van der Waals surface area contributed by atoms with E-state index in [1.165, 1.54) is 12.1 Å². The van der Waals surface area contributed by atoms with E-state index in [4.69, 9.17) is 11.6 Å². The van der Waals surface area contributed by atoms with Crippen LogP contribution in [0.2, 0.25) is 5.02 Å². The molecule has 1 heterocycles. The highest BCUT2D eigenvalue weighted by molar-refractivity contribution is 6.33. The number of halogens is 2. The van der Waals surface area contributed by atoms with E-state index in [9.17, 15) is 4.39 Å². The maximum atomic E-state index is 12.9. The predicted octanol–water partition coefficient (Wildman–Crippen LogP) is 2.67. The lowest BCUT2D eigenvalue weighted by Gasteiger charge is -2.33. The van der Waals surface area contributed by atoms with E-state index in [1.807, 2.05) is 7.05 Å². The molecule has 0 radical (unpaired) electrons. The fourth-order valence-corrected chi connectivity index (χ4v) is 2.43. The monoisotopic (exact) mass is 242 g/mol. The summed E-state index contributed by atoms with van der Waals surface area (Å²) in [5.74, 6) is -0.279. The largest absolute Gasteiger partial charge is 0.370 e. The topological polar surface area (TPSA) is 15.3 Å². The number of piperidine rings is 1. The van der Waals surface area contributed by atoms with Crippen LogP contribution in [0.1, 0.15) is 12.8 Å². The minimum absolute atomic E-state index is 0.279. The van der Waals surface area contributed by atoms with Crippen molar-refractivity contribution in [2.45, 2.75) is 18.9 Å². The molecule has 2 nitrogen and oxygen atoms in total. The number of nitrogens with one attached hydrogen (secondary N) is 1. The lowest BCUT2D eigenvalue weighted by atomic mass is 10.0. The van der Waals surface area contributed by atoms with E-state index in [0.717, 1.165) is 31.6 Å². The lowest BCUT2D eigenvalue weighted by molar-refractivity contribution is 0.442. The minimum Gasteiger partial charge on any atom is -0.370 e. The second-order valence-electron chi connectivity index (χ2n) is 4.15. The molecule has 1 aromatic carbocycles. The molecule has 1 aliphatic rings. The summed E-state index contributed by atoms with van der Waals surface area (Å²) in [6.07, 6.45) is 2.20. The van der Waals surface area contributed by atoms with Gasteiger partial charge in [-0.3, -0.25) is 0 Å². The van der Waals surface area contributed by atoms with Gasteiger partial charge in [0.2, 0.25) is 0 Å². The Morgan fingerprint density at radius 2 is 2.06 bits per heavy atom. The van der Waals surface area contributed by atoms with Crippen molar-refractivity contribution in [1.82, 2.24) is 5.32 Å². The van der Waals surface area contributed by atoms with Crippen molar-refractivity contribution >= 4 is 17.3 Å². The average molecular weight is 243 g/mol. The average Bonchev–Trinajstić information content (AvgIpc) is 2.29. The van der Waals surface area contributed by atoms with Crippen molar-refractivity contribution in [2.24, 2.45) is 0 Å². The fraction of sp³-hybridized carbons (Fsp3) is 0.500. The molecule has 0 unspecified atom stereocenters. The van der Waals surface area contributed by atoms with Gasteiger partial charge in [0.15, 0.2) is 0 Å². The highest BCUT2D eigenvalue weighted by Crippen LogP contribution is 2.28. The van der Waals surface area contributed by atoms with Crippen molar-refractivity contribution in [3.63, 3.8) is 0 Å². The molecule has 2 rings (SSSR count). The van der Waals surface area contributed by atoms with Gasteiger partial charge in [-0.05, 0) is 38.1 Å². The van der Waals surface area contributed by atoms with Gasteiger partial charge in [-0.1, -0.05) is 11.6 Å². The van der Waals surface area contributed by atoms with Gasteiger partial charge < -0.3 is 10.2 Å². The maximum absolute atomic E-state index is 12.9. The molecule has 1 aromatic rings. The van der Waals surface area contributed by atoms with Gasteiger partial charge in [0, 0.05) is 19.1 Å². The van der Waals surface area contributed by atoms with Crippen molar-refractivity contribution in [2.75, 3.05) is 25.0 Å². The Labute approximate surface area is 100 Å². The third-order valence-corrected chi connectivity index (χ3v) is 3.46. The fourth-order valence-electron chi connectivity index (χ4n) is 2.15. The molecule has 0 aliphatic carbocycles. The Morgan fingerprint density at radius 1 is 1.38 bits per heavy atom. The molecular formula is C12H16ClFN2. The summed E-state index contributed by atoms with van der Waals surface area (Å²) in [5, 5.41) is 3.78. The van der Waals surface area contributed by atoms with Crippen LogP contribution in [-0.2, 0) is 0 Å². The summed E-state index contributed by atoms with van der Waals surface area (Å²) >= 11 is 6.04. The molecule has 88 valence electrons. The number of anilines is 1. The van der Waals surface area contributed by atoms with Crippen LogP contribution in [0, 0.1) is 5.82 Å². The van der Waals surface area contributed by atoms with Gasteiger partial charge in [0.1, 0.15) is 5.82 Å². The first-order valence-electron chi connectivity index (χ1n) is 5.58. The van der Waals surface area contributed by atoms with Crippen LogP contribution in [0.5, 0.6) is 0 Å². The molecular weight excluding hydrogens is 227 g/mol. The molecule has 0 bridgehead atoms. The molecule has 16 heavy (non-hydrogen) atoms. The first-order chi connectivity index (χ1) is 7.70. The van der Waals surface area contributed by atoms with E-state index >= 15 is 0 Å². The van der Waals surface area contributed by atoms with Crippen molar-refractivity contribution in [3.05, 3.63) is 29.0 Å². The number of nitrogens with zero attached hydrogens (tertiary/aromatic N) is 1. The Bertz CT molecular complexity index is 362. The van der Waals surface area contributed by atoms with Gasteiger partial charge in [0.25, 0.3) is 0 Å². The Hall–Kier alpha value is -0.800. The van der Waals surface area contributed by atoms with Gasteiger partial charge in [-0.15, -0.1) is 0 Å². The molecule has 1 N–H and O–H groups in total. The van der Waals surface area contributed by atoms with E-state index < -0.39 is 0 Å². The van der Waals surface area contributed by atoms with Gasteiger partial charge in [0.05, 0.1) is 10.7 Å². The highest BCUT2D eigenvalue weighted by Gasteiger charge is 2.19. The van der Waals surface area contributed by atoms with Crippen LogP contribution < -0.4 is 10.2 Å². The first-order valence-corrected chi connectivity index (χ1v) is 5.96. The molecule has 1 fully saturated rings.